The maximum atomic E-state index is 6.13. The zero-order valence-electron chi connectivity index (χ0n) is 11.4. The van der Waals surface area contributed by atoms with E-state index < -0.39 is 0 Å². The minimum absolute atomic E-state index is 0.0986. The lowest BCUT2D eigenvalue weighted by Crippen LogP contribution is -2.49. The second-order valence-corrected chi connectivity index (χ2v) is 6.66. The number of hydrogen-bond acceptors (Lipinski definition) is 2. The van der Waals surface area contributed by atoms with Gasteiger partial charge in [-0.15, -0.1) is 0 Å². The van der Waals surface area contributed by atoms with E-state index in [0.717, 1.165) is 30.3 Å². The summed E-state index contributed by atoms with van der Waals surface area (Å²) in [5.74, 6) is 3.95. The van der Waals surface area contributed by atoms with Crippen LogP contribution in [0.1, 0.15) is 46.5 Å². The molecule has 2 heteroatoms. The molecule has 0 bridgehead atoms. The molecular formula is C15H26O2. The lowest BCUT2D eigenvalue weighted by Gasteiger charge is -2.49. The van der Waals surface area contributed by atoms with Crippen LogP contribution >= 0.6 is 0 Å². The first-order valence-corrected chi connectivity index (χ1v) is 7.44. The number of ether oxygens (including phenoxy) is 2. The molecule has 0 aromatic rings. The molecule has 7 atom stereocenters. The molecule has 0 amide bonds. The summed E-state index contributed by atoms with van der Waals surface area (Å²) >= 11 is 0. The van der Waals surface area contributed by atoms with Gasteiger partial charge in [-0.3, -0.25) is 0 Å². The summed E-state index contributed by atoms with van der Waals surface area (Å²) in [6.45, 7) is 7.91. The first-order chi connectivity index (χ1) is 8.16. The first-order valence-electron chi connectivity index (χ1n) is 7.44. The predicted octanol–water partition coefficient (Wildman–Crippen LogP) is 3.46. The third-order valence-electron chi connectivity index (χ3n) is 5.52. The van der Waals surface area contributed by atoms with E-state index in [4.69, 9.17) is 9.47 Å². The van der Waals surface area contributed by atoms with Gasteiger partial charge in [-0.25, -0.2) is 0 Å². The molecule has 4 unspecified atom stereocenters. The van der Waals surface area contributed by atoms with E-state index in [0.29, 0.717) is 12.0 Å². The van der Waals surface area contributed by atoms with Crippen molar-refractivity contribution in [1.29, 1.82) is 0 Å². The first kappa shape index (κ1) is 12.0. The van der Waals surface area contributed by atoms with Crippen LogP contribution in [-0.2, 0) is 9.47 Å². The lowest BCUT2D eigenvalue weighted by atomic mass is 9.61. The molecule has 3 fully saturated rings. The molecule has 3 rings (SSSR count). The summed E-state index contributed by atoms with van der Waals surface area (Å²) in [4.78, 5) is 0. The summed E-state index contributed by atoms with van der Waals surface area (Å²) < 4.78 is 12.1. The van der Waals surface area contributed by atoms with Gasteiger partial charge in [-0.1, -0.05) is 20.3 Å². The highest BCUT2D eigenvalue weighted by molar-refractivity contribution is 4.93. The second-order valence-electron chi connectivity index (χ2n) is 6.66. The second kappa shape index (κ2) is 4.55. The standard InChI is InChI=1S/C15H26O2/c1-9-4-6-13-10(2)8-16-15-14(13)12(9)7-5-11(3)17-15/h9-15H,4-8H2,1-3H3/t9-,10+,11?,12?,13?,14?,15-/m1/s1. The molecule has 1 aliphatic carbocycles. The molecule has 2 saturated heterocycles. The molecule has 0 radical (unpaired) electrons. The SMILES string of the molecule is CC1CCC2C3C(CC[C@H]2C)[C@@H](C)CO[C@@H]3O1. The largest absolute Gasteiger partial charge is 0.352 e. The Morgan fingerprint density at radius 1 is 0.824 bits per heavy atom. The van der Waals surface area contributed by atoms with E-state index in [9.17, 15) is 0 Å². The normalized spacial score (nSPS) is 54.9. The monoisotopic (exact) mass is 238 g/mol. The van der Waals surface area contributed by atoms with Crippen LogP contribution < -0.4 is 0 Å². The van der Waals surface area contributed by atoms with Crippen LogP contribution in [0, 0.1) is 29.6 Å². The van der Waals surface area contributed by atoms with Gasteiger partial charge in [0.1, 0.15) is 0 Å². The Balaban J connectivity index is 1.88. The van der Waals surface area contributed by atoms with Gasteiger partial charge in [0.25, 0.3) is 0 Å². The van der Waals surface area contributed by atoms with Crippen molar-refractivity contribution in [3.8, 4) is 0 Å². The van der Waals surface area contributed by atoms with Crippen molar-refractivity contribution >= 4 is 0 Å². The topological polar surface area (TPSA) is 18.5 Å². The zero-order chi connectivity index (χ0) is 12.0. The van der Waals surface area contributed by atoms with Gasteiger partial charge in [0, 0.05) is 5.92 Å². The maximum Gasteiger partial charge on any atom is 0.161 e. The van der Waals surface area contributed by atoms with E-state index >= 15 is 0 Å². The lowest BCUT2D eigenvalue weighted by molar-refractivity contribution is -0.249. The van der Waals surface area contributed by atoms with Crippen LogP contribution in [0.4, 0.5) is 0 Å². The average Bonchev–Trinajstić information content (AvgIpc) is 2.47. The predicted molar refractivity (Wildman–Crippen MR) is 67.6 cm³/mol. The average molecular weight is 238 g/mol. The van der Waals surface area contributed by atoms with Gasteiger partial charge in [-0.2, -0.15) is 0 Å². The highest BCUT2D eigenvalue weighted by Gasteiger charge is 2.49. The van der Waals surface area contributed by atoms with E-state index in [2.05, 4.69) is 20.8 Å². The highest BCUT2D eigenvalue weighted by atomic mass is 16.7. The van der Waals surface area contributed by atoms with Crippen LogP contribution in [-0.4, -0.2) is 19.0 Å². The zero-order valence-corrected chi connectivity index (χ0v) is 11.4. The van der Waals surface area contributed by atoms with Gasteiger partial charge < -0.3 is 9.47 Å². The summed E-state index contributed by atoms with van der Waals surface area (Å²) in [5.41, 5.74) is 0. The van der Waals surface area contributed by atoms with Crippen molar-refractivity contribution in [3.05, 3.63) is 0 Å². The summed E-state index contributed by atoms with van der Waals surface area (Å²) in [6.07, 6.45) is 5.84. The Kier molecular flexibility index (Phi) is 3.20. The van der Waals surface area contributed by atoms with Crippen molar-refractivity contribution in [1.82, 2.24) is 0 Å². The van der Waals surface area contributed by atoms with Crippen LogP contribution in [0.25, 0.3) is 0 Å². The third kappa shape index (κ3) is 2.04. The van der Waals surface area contributed by atoms with Crippen LogP contribution in [0.5, 0.6) is 0 Å². The summed E-state index contributed by atoms with van der Waals surface area (Å²) in [7, 11) is 0. The van der Waals surface area contributed by atoms with Gasteiger partial charge in [0.2, 0.25) is 0 Å². The van der Waals surface area contributed by atoms with Gasteiger partial charge >= 0.3 is 0 Å². The minimum Gasteiger partial charge on any atom is -0.352 e. The smallest absolute Gasteiger partial charge is 0.161 e. The van der Waals surface area contributed by atoms with Crippen LogP contribution in [0.2, 0.25) is 0 Å². The Morgan fingerprint density at radius 3 is 2.35 bits per heavy atom. The maximum absolute atomic E-state index is 6.13. The quantitative estimate of drug-likeness (QED) is 0.643. The summed E-state index contributed by atoms with van der Waals surface area (Å²) in [5, 5.41) is 0. The molecule has 0 aromatic heterocycles. The molecule has 2 aliphatic heterocycles. The Bertz CT molecular complexity index is 278. The van der Waals surface area contributed by atoms with Crippen molar-refractivity contribution < 1.29 is 9.47 Å². The molecular weight excluding hydrogens is 212 g/mol. The Morgan fingerprint density at radius 2 is 1.53 bits per heavy atom. The molecule has 1 saturated carbocycles. The van der Waals surface area contributed by atoms with E-state index in [-0.39, 0.29) is 6.29 Å². The number of rotatable bonds is 0. The van der Waals surface area contributed by atoms with Gasteiger partial charge in [0.05, 0.1) is 12.7 Å². The van der Waals surface area contributed by atoms with Crippen LogP contribution in [0.3, 0.4) is 0 Å². The Hall–Kier alpha value is -0.0800. The van der Waals surface area contributed by atoms with Gasteiger partial charge in [-0.05, 0) is 49.9 Å². The molecule has 17 heavy (non-hydrogen) atoms. The molecule has 0 N–H and O–H groups in total. The van der Waals surface area contributed by atoms with Gasteiger partial charge in [0.15, 0.2) is 6.29 Å². The fraction of sp³-hybridized carbons (Fsp3) is 1.00. The van der Waals surface area contributed by atoms with Crippen molar-refractivity contribution in [3.63, 3.8) is 0 Å². The molecule has 0 aromatic carbocycles. The van der Waals surface area contributed by atoms with Crippen LogP contribution in [0.15, 0.2) is 0 Å². The molecule has 2 nitrogen and oxygen atoms in total. The minimum atomic E-state index is 0.0986. The van der Waals surface area contributed by atoms with E-state index in [1.165, 1.54) is 25.7 Å². The fourth-order valence-corrected chi connectivity index (χ4v) is 4.44. The fourth-order valence-electron chi connectivity index (χ4n) is 4.44. The highest BCUT2D eigenvalue weighted by Crippen LogP contribution is 2.50. The third-order valence-corrected chi connectivity index (χ3v) is 5.52. The molecule has 98 valence electrons. The number of hydrogen-bond donors (Lipinski definition) is 0. The van der Waals surface area contributed by atoms with Crippen molar-refractivity contribution in [2.75, 3.05) is 6.61 Å². The van der Waals surface area contributed by atoms with E-state index in [1.54, 1.807) is 0 Å². The van der Waals surface area contributed by atoms with Crippen molar-refractivity contribution in [2.24, 2.45) is 29.6 Å². The van der Waals surface area contributed by atoms with E-state index in [1.807, 2.05) is 0 Å². The molecule has 3 aliphatic rings. The van der Waals surface area contributed by atoms with Crippen molar-refractivity contribution in [2.45, 2.75) is 58.8 Å². The Labute approximate surface area is 105 Å². The molecule has 0 spiro atoms. The molecule has 2 heterocycles. The summed E-state index contributed by atoms with van der Waals surface area (Å²) in [6, 6.07) is 0.